The van der Waals surface area contributed by atoms with Crippen LogP contribution in [-0.2, 0) is 14.3 Å². The molecule has 1 fully saturated rings. The highest BCUT2D eigenvalue weighted by atomic mass is 16.6. The number of nitrogens with zero attached hydrogens (tertiary/aromatic N) is 1. The van der Waals surface area contributed by atoms with E-state index in [4.69, 9.17) is 14.9 Å². The second kappa shape index (κ2) is 6.51. The van der Waals surface area contributed by atoms with Gasteiger partial charge in [-0.15, -0.1) is 4.91 Å². The number of carbonyl (C=O) groups is 1. The molecule has 16 heavy (non-hydrogen) atoms. The van der Waals surface area contributed by atoms with E-state index in [-0.39, 0.29) is 6.61 Å². The van der Waals surface area contributed by atoms with Crippen molar-refractivity contribution < 1.29 is 24.5 Å². The molecule has 1 rings (SSSR count). The molecule has 1 aliphatic heterocycles. The standard InChI is InChI=1S/C6H10O4.C3H7NO2/c1-4-5(7)6(8)10-3-2-9-4;1-3(2,5)4-6/h4-5,7H,2-3H2,1H3;5H,1-2H3. The smallest absolute Gasteiger partial charge is 0.337 e. The molecule has 1 aliphatic rings. The van der Waals surface area contributed by atoms with E-state index < -0.39 is 23.9 Å². The van der Waals surface area contributed by atoms with Gasteiger partial charge in [-0.05, 0) is 25.9 Å². The van der Waals surface area contributed by atoms with Gasteiger partial charge in [0.15, 0.2) is 11.8 Å². The first-order chi connectivity index (χ1) is 7.28. The summed E-state index contributed by atoms with van der Waals surface area (Å²) in [5.74, 6) is -0.593. The van der Waals surface area contributed by atoms with Gasteiger partial charge in [0.1, 0.15) is 6.61 Å². The minimum absolute atomic E-state index is 0.236. The minimum Gasteiger partial charge on any atom is -0.461 e. The topological polar surface area (TPSA) is 105 Å². The predicted octanol–water partition coefficient (Wildman–Crippen LogP) is -0.210. The number of carbonyl (C=O) groups excluding carboxylic acids is 1. The third-order valence-electron chi connectivity index (χ3n) is 1.62. The van der Waals surface area contributed by atoms with Gasteiger partial charge in [0.25, 0.3) is 0 Å². The summed E-state index contributed by atoms with van der Waals surface area (Å²) in [7, 11) is 0. The molecule has 1 saturated heterocycles. The lowest BCUT2D eigenvalue weighted by molar-refractivity contribution is -0.153. The van der Waals surface area contributed by atoms with Gasteiger partial charge in [0.05, 0.1) is 12.7 Å². The van der Waals surface area contributed by atoms with Gasteiger partial charge in [-0.2, -0.15) is 0 Å². The van der Waals surface area contributed by atoms with Crippen molar-refractivity contribution in [3.05, 3.63) is 4.91 Å². The second-order valence-electron chi connectivity index (χ2n) is 3.77. The number of rotatable bonds is 1. The fourth-order valence-corrected chi connectivity index (χ4v) is 0.744. The molecule has 94 valence electrons. The molecule has 0 aromatic rings. The Morgan fingerprint density at radius 3 is 2.38 bits per heavy atom. The molecule has 0 aliphatic carbocycles. The molecule has 0 saturated carbocycles. The Morgan fingerprint density at radius 2 is 1.94 bits per heavy atom. The fourth-order valence-electron chi connectivity index (χ4n) is 0.744. The summed E-state index contributed by atoms with van der Waals surface area (Å²) in [6.45, 7) is 4.88. The highest BCUT2D eigenvalue weighted by Crippen LogP contribution is 2.04. The monoisotopic (exact) mass is 235 g/mol. The number of nitroso groups, excluding NO2 is 1. The van der Waals surface area contributed by atoms with Crippen LogP contribution < -0.4 is 0 Å². The van der Waals surface area contributed by atoms with Crippen LogP contribution in [0.5, 0.6) is 0 Å². The van der Waals surface area contributed by atoms with Gasteiger partial charge < -0.3 is 19.7 Å². The van der Waals surface area contributed by atoms with Gasteiger partial charge in [-0.1, -0.05) is 0 Å². The molecular weight excluding hydrogens is 218 g/mol. The lowest BCUT2D eigenvalue weighted by Gasteiger charge is -2.11. The predicted molar refractivity (Wildman–Crippen MR) is 54.5 cm³/mol. The molecule has 2 N–H and O–H groups in total. The van der Waals surface area contributed by atoms with Crippen molar-refractivity contribution in [1.82, 2.24) is 0 Å². The van der Waals surface area contributed by atoms with Crippen LogP contribution in [0, 0.1) is 4.91 Å². The van der Waals surface area contributed by atoms with E-state index in [1.54, 1.807) is 6.92 Å². The van der Waals surface area contributed by atoms with Crippen LogP contribution in [0.2, 0.25) is 0 Å². The molecule has 7 nitrogen and oxygen atoms in total. The molecule has 0 aromatic heterocycles. The van der Waals surface area contributed by atoms with Crippen molar-refractivity contribution >= 4 is 5.97 Å². The van der Waals surface area contributed by atoms with Crippen molar-refractivity contribution in [2.24, 2.45) is 5.18 Å². The van der Waals surface area contributed by atoms with Crippen molar-refractivity contribution in [1.29, 1.82) is 0 Å². The Morgan fingerprint density at radius 1 is 1.44 bits per heavy atom. The molecule has 0 bridgehead atoms. The van der Waals surface area contributed by atoms with Crippen LogP contribution in [0.15, 0.2) is 5.18 Å². The highest BCUT2D eigenvalue weighted by molar-refractivity contribution is 5.75. The van der Waals surface area contributed by atoms with Crippen LogP contribution in [0.1, 0.15) is 20.8 Å². The second-order valence-corrected chi connectivity index (χ2v) is 3.77. The maximum Gasteiger partial charge on any atom is 0.337 e. The summed E-state index contributed by atoms with van der Waals surface area (Å²) in [4.78, 5) is 20.0. The number of hydrogen-bond donors (Lipinski definition) is 2. The number of ether oxygens (including phenoxy) is 2. The third kappa shape index (κ3) is 6.44. The molecule has 0 amide bonds. The summed E-state index contributed by atoms with van der Waals surface area (Å²) in [5.41, 5.74) is -1.39. The first kappa shape index (κ1) is 14.9. The Hall–Kier alpha value is -1.05. The Balaban J connectivity index is 0.000000325. The van der Waals surface area contributed by atoms with Gasteiger partial charge >= 0.3 is 5.97 Å². The van der Waals surface area contributed by atoms with Crippen LogP contribution in [-0.4, -0.2) is 47.3 Å². The van der Waals surface area contributed by atoms with Crippen LogP contribution in [0.25, 0.3) is 0 Å². The molecule has 0 aromatic carbocycles. The lowest BCUT2D eigenvalue weighted by Crippen LogP contribution is -2.32. The molecule has 2 unspecified atom stereocenters. The van der Waals surface area contributed by atoms with E-state index in [0.29, 0.717) is 6.61 Å². The quantitative estimate of drug-likeness (QED) is 0.481. The maximum absolute atomic E-state index is 10.7. The maximum atomic E-state index is 10.7. The average Bonchev–Trinajstić information content (AvgIpc) is 2.34. The van der Waals surface area contributed by atoms with Crippen molar-refractivity contribution in [2.75, 3.05) is 13.2 Å². The number of esters is 1. The zero-order valence-electron chi connectivity index (χ0n) is 9.54. The van der Waals surface area contributed by atoms with Crippen molar-refractivity contribution in [3.8, 4) is 0 Å². The van der Waals surface area contributed by atoms with Crippen molar-refractivity contribution in [3.63, 3.8) is 0 Å². The van der Waals surface area contributed by atoms with Gasteiger partial charge in [0.2, 0.25) is 0 Å². The first-order valence-corrected chi connectivity index (χ1v) is 4.81. The average molecular weight is 235 g/mol. The van der Waals surface area contributed by atoms with Crippen LogP contribution in [0.4, 0.5) is 0 Å². The van der Waals surface area contributed by atoms with E-state index in [0.717, 1.165) is 0 Å². The van der Waals surface area contributed by atoms with Crippen molar-refractivity contribution in [2.45, 2.75) is 38.7 Å². The van der Waals surface area contributed by atoms with Crippen LogP contribution in [0.3, 0.4) is 0 Å². The number of cyclic esters (lactones) is 1. The van der Waals surface area contributed by atoms with Gasteiger partial charge in [0, 0.05) is 0 Å². The van der Waals surface area contributed by atoms with E-state index >= 15 is 0 Å². The number of aliphatic hydroxyl groups is 2. The molecule has 1 heterocycles. The minimum atomic E-state index is -1.39. The summed E-state index contributed by atoms with van der Waals surface area (Å²) in [5, 5.41) is 19.7. The zero-order chi connectivity index (χ0) is 12.8. The SMILES string of the molecule is CC(C)(O)N=O.CC1OCCOC(=O)C1O. The summed E-state index contributed by atoms with van der Waals surface area (Å²) < 4.78 is 9.56. The van der Waals surface area contributed by atoms with Gasteiger partial charge in [-0.3, -0.25) is 0 Å². The Kier molecular flexibility index (Phi) is 6.09. The molecule has 2 atom stereocenters. The summed E-state index contributed by atoms with van der Waals surface area (Å²) in [6.07, 6.45) is -1.57. The molecule has 0 spiro atoms. The summed E-state index contributed by atoms with van der Waals surface area (Å²) in [6, 6.07) is 0. The number of hydrogen-bond acceptors (Lipinski definition) is 7. The van der Waals surface area contributed by atoms with E-state index in [2.05, 4.69) is 9.91 Å². The zero-order valence-corrected chi connectivity index (χ0v) is 9.54. The Bertz CT molecular complexity index is 237. The molecule has 0 radical (unpaired) electrons. The first-order valence-electron chi connectivity index (χ1n) is 4.81. The largest absolute Gasteiger partial charge is 0.461 e. The summed E-state index contributed by atoms with van der Waals surface area (Å²) >= 11 is 0. The van der Waals surface area contributed by atoms with E-state index in [9.17, 15) is 9.70 Å². The van der Waals surface area contributed by atoms with Gasteiger partial charge in [-0.25, -0.2) is 4.79 Å². The van der Waals surface area contributed by atoms with E-state index in [1.807, 2.05) is 0 Å². The Labute approximate surface area is 93.3 Å². The normalized spacial score (nSPS) is 25.9. The molecule has 7 heteroatoms. The third-order valence-corrected chi connectivity index (χ3v) is 1.62. The van der Waals surface area contributed by atoms with E-state index in [1.165, 1.54) is 13.8 Å². The number of aliphatic hydroxyl groups excluding tert-OH is 1. The van der Waals surface area contributed by atoms with Crippen LogP contribution >= 0.6 is 0 Å². The lowest BCUT2D eigenvalue weighted by atomic mass is 10.2. The highest BCUT2D eigenvalue weighted by Gasteiger charge is 2.26. The molecular formula is C9H17NO6. The fraction of sp³-hybridized carbons (Fsp3) is 0.889.